The average Bonchev–Trinajstić information content (AvgIpc) is 2.92. The van der Waals surface area contributed by atoms with Crippen LogP contribution in [0, 0.1) is 0 Å². The fourth-order valence-corrected chi connectivity index (χ4v) is 4.46. The number of benzene rings is 2. The van der Waals surface area contributed by atoms with E-state index in [2.05, 4.69) is 31.4 Å². The van der Waals surface area contributed by atoms with Crippen molar-refractivity contribution in [3.05, 3.63) is 54.6 Å². The molecule has 0 saturated carbocycles. The summed E-state index contributed by atoms with van der Waals surface area (Å²) in [6, 6.07) is 17.2. The summed E-state index contributed by atoms with van der Waals surface area (Å²) in [4.78, 5) is 17.0. The Bertz CT molecular complexity index is 1110. The van der Waals surface area contributed by atoms with Gasteiger partial charge in [0.25, 0.3) is 0 Å². The van der Waals surface area contributed by atoms with E-state index in [-0.39, 0.29) is 11.7 Å². The molecule has 1 N–H and O–H groups in total. The molecule has 0 unspecified atom stereocenters. The number of methoxy groups -OCH3 is 3. The number of carbonyl (C=O) groups excluding carboxylic acids is 1. The first-order valence-corrected chi connectivity index (χ1v) is 12.2. The van der Waals surface area contributed by atoms with Crippen molar-refractivity contribution in [1.29, 1.82) is 0 Å². The molecule has 3 aromatic rings. The van der Waals surface area contributed by atoms with E-state index >= 15 is 0 Å². The maximum Gasteiger partial charge on any atom is 0.234 e. The molecule has 0 spiro atoms. The molecule has 10 heteroatoms. The first-order valence-electron chi connectivity index (χ1n) is 11.2. The third-order valence-electron chi connectivity index (χ3n) is 5.64. The van der Waals surface area contributed by atoms with Crippen LogP contribution in [-0.2, 0) is 4.79 Å². The number of aromatic nitrogens is 2. The van der Waals surface area contributed by atoms with Gasteiger partial charge in [-0.25, -0.2) is 0 Å². The van der Waals surface area contributed by atoms with E-state index in [9.17, 15) is 4.79 Å². The highest BCUT2D eigenvalue weighted by Gasteiger charge is 2.20. The van der Waals surface area contributed by atoms with Crippen LogP contribution in [0.2, 0.25) is 0 Å². The van der Waals surface area contributed by atoms with E-state index in [1.807, 2.05) is 30.3 Å². The average molecular weight is 496 g/mol. The minimum absolute atomic E-state index is 0.149. The zero-order chi connectivity index (χ0) is 24.6. The van der Waals surface area contributed by atoms with E-state index in [1.165, 1.54) is 11.8 Å². The molecule has 1 fully saturated rings. The Labute approximate surface area is 209 Å². The van der Waals surface area contributed by atoms with Crippen molar-refractivity contribution < 1.29 is 19.0 Å². The Hall–Kier alpha value is -3.66. The number of nitrogens with one attached hydrogen (secondary N) is 1. The molecule has 9 nitrogen and oxygen atoms in total. The van der Waals surface area contributed by atoms with E-state index in [1.54, 1.807) is 39.5 Å². The zero-order valence-corrected chi connectivity index (χ0v) is 20.9. The smallest absolute Gasteiger partial charge is 0.234 e. The molecule has 1 amide bonds. The first kappa shape index (κ1) is 24.5. The van der Waals surface area contributed by atoms with Crippen molar-refractivity contribution in [2.24, 2.45) is 0 Å². The molecule has 1 aliphatic rings. The number of carbonyl (C=O) groups is 1. The number of nitrogens with zero attached hydrogens (tertiary/aromatic N) is 4. The van der Waals surface area contributed by atoms with Crippen LogP contribution in [0.15, 0.2) is 59.6 Å². The molecular weight excluding hydrogens is 466 g/mol. The summed E-state index contributed by atoms with van der Waals surface area (Å²) in [6.07, 6.45) is 0. The normalized spacial score (nSPS) is 13.3. The Morgan fingerprint density at radius 1 is 0.886 bits per heavy atom. The van der Waals surface area contributed by atoms with Crippen molar-refractivity contribution in [3.63, 3.8) is 0 Å². The molecule has 1 saturated heterocycles. The molecule has 1 aromatic heterocycles. The lowest BCUT2D eigenvalue weighted by molar-refractivity contribution is -0.113. The molecule has 184 valence electrons. The van der Waals surface area contributed by atoms with Crippen molar-refractivity contribution >= 4 is 34.9 Å². The monoisotopic (exact) mass is 495 g/mol. The second-order valence-electron chi connectivity index (χ2n) is 7.81. The fraction of sp³-hybridized carbons (Fsp3) is 0.320. The van der Waals surface area contributed by atoms with Gasteiger partial charge >= 0.3 is 0 Å². The Morgan fingerprint density at radius 2 is 1.57 bits per heavy atom. The van der Waals surface area contributed by atoms with E-state index in [0.717, 1.165) is 43.4 Å². The number of rotatable bonds is 9. The number of amides is 1. The molecule has 0 bridgehead atoms. The van der Waals surface area contributed by atoms with Crippen LogP contribution in [0.5, 0.6) is 17.2 Å². The first-order chi connectivity index (χ1) is 17.1. The molecule has 2 aromatic carbocycles. The summed E-state index contributed by atoms with van der Waals surface area (Å²) in [5.41, 5.74) is 1.72. The largest absolute Gasteiger partial charge is 0.497 e. The Morgan fingerprint density at radius 3 is 2.20 bits per heavy atom. The lowest BCUT2D eigenvalue weighted by Crippen LogP contribution is -2.47. The van der Waals surface area contributed by atoms with Crippen LogP contribution in [0.3, 0.4) is 0 Å². The number of anilines is 3. The number of hydrogen-bond acceptors (Lipinski definition) is 9. The van der Waals surface area contributed by atoms with Crippen LogP contribution in [0.4, 0.5) is 17.2 Å². The highest BCUT2D eigenvalue weighted by molar-refractivity contribution is 7.99. The molecule has 1 aliphatic heterocycles. The minimum atomic E-state index is -0.149. The number of hydrogen-bond donors (Lipinski definition) is 1. The van der Waals surface area contributed by atoms with E-state index < -0.39 is 0 Å². The van der Waals surface area contributed by atoms with Gasteiger partial charge in [0.1, 0.15) is 22.3 Å². The van der Waals surface area contributed by atoms with Gasteiger partial charge in [-0.15, -0.1) is 10.2 Å². The number of ether oxygens (including phenoxy) is 3. The van der Waals surface area contributed by atoms with Gasteiger partial charge in [0, 0.05) is 50.1 Å². The van der Waals surface area contributed by atoms with Gasteiger partial charge in [0.15, 0.2) is 5.82 Å². The molecule has 0 aliphatic carbocycles. The van der Waals surface area contributed by atoms with Crippen molar-refractivity contribution in [2.75, 3.05) is 68.4 Å². The van der Waals surface area contributed by atoms with E-state index in [4.69, 9.17) is 14.2 Å². The third-order valence-corrected chi connectivity index (χ3v) is 6.56. The Balaban J connectivity index is 1.28. The van der Waals surface area contributed by atoms with Crippen molar-refractivity contribution in [1.82, 2.24) is 10.2 Å². The van der Waals surface area contributed by atoms with Crippen molar-refractivity contribution in [2.45, 2.75) is 5.03 Å². The SMILES string of the molecule is COc1cc(NC(=O)CSc2ccc(N3CCN(c4ccccc4OC)CC3)nn2)cc(OC)c1. The number of para-hydroxylation sites is 2. The number of piperazine rings is 1. The summed E-state index contributed by atoms with van der Waals surface area (Å²) >= 11 is 1.34. The van der Waals surface area contributed by atoms with Gasteiger partial charge in [0.05, 0.1) is 32.8 Å². The summed E-state index contributed by atoms with van der Waals surface area (Å²) in [5.74, 6) is 3.00. The van der Waals surface area contributed by atoms with Crippen LogP contribution in [0.1, 0.15) is 0 Å². The minimum Gasteiger partial charge on any atom is -0.497 e. The summed E-state index contributed by atoms with van der Waals surface area (Å²) < 4.78 is 16.0. The standard InChI is InChI=1S/C25H29N5O4S/c1-32-19-14-18(15-20(16-19)33-2)26-24(31)17-35-25-9-8-23(27-28-25)30-12-10-29(11-13-30)21-6-4-5-7-22(21)34-3/h4-9,14-16H,10-13,17H2,1-3H3,(H,26,31). The van der Waals surface area contributed by atoms with Crippen LogP contribution < -0.4 is 29.3 Å². The van der Waals surface area contributed by atoms with E-state index in [0.29, 0.717) is 22.2 Å². The summed E-state index contributed by atoms with van der Waals surface area (Å²) in [6.45, 7) is 3.42. The molecule has 0 atom stereocenters. The molecule has 35 heavy (non-hydrogen) atoms. The van der Waals surface area contributed by atoms with Crippen LogP contribution in [0.25, 0.3) is 0 Å². The second kappa shape index (κ2) is 11.7. The van der Waals surface area contributed by atoms with Gasteiger partial charge in [-0.3, -0.25) is 4.79 Å². The van der Waals surface area contributed by atoms with Gasteiger partial charge in [-0.1, -0.05) is 23.9 Å². The molecule has 4 rings (SSSR count). The topological polar surface area (TPSA) is 89.1 Å². The summed E-state index contributed by atoms with van der Waals surface area (Å²) in [5, 5.41) is 12.3. The third kappa shape index (κ3) is 6.27. The summed E-state index contributed by atoms with van der Waals surface area (Å²) in [7, 11) is 4.83. The Kier molecular flexibility index (Phi) is 8.15. The second-order valence-corrected chi connectivity index (χ2v) is 8.81. The van der Waals surface area contributed by atoms with Gasteiger partial charge in [0.2, 0.25) is 5.91 Å². The predicted molar refractivity (Wildman–Crippen MR) is 138 cm³/mol. The van der Waals surface area contributed by atoms with Gasteiger partial charge in [-0.05, 0) is 24.3 Å². The van der Waals surface area contributed by atoms with Gasteiger partial charge < -0.3 is 29.3 Å². The lowest BCUT2D eigenvalue weighted by atomic mass is 10.2. The maximum absolute atomic E-state index is 12.4. The maximum atomic E-state index is 12.4. The highest BCUT2D eigenvalue weighted by atomic mass is 32.2. The van der Waals surface area contributed by atoms with Crippen molar-refractivity contribution in [3.8, 4) is 17.2 Å². The fourth-order valence-electron chi connectivity index (χ4n) is 3.84. The van der Waals surface area contributed by atoms with Crippen LogP contribution >= 0.6 is 11.8 Å². The molecular formula is C25H29N5O4S. The lowest BCUT2D eigenvalue weighted by Gasteiger charge is -2.37. The predicted octanol–water partition coefficient (Wildman–Crippen LogP) is 3.56. The van der Waals surface area contributed by atoms with Crippen LogP contribution in [-0.4, -0.2) is 69.4 Å². The molecule has 0 radical (unpaired) electrons. The zero-order valence-electron chi connectivity index (χ0n) is 20.1. The highest BCUT2D eigenvalue weighted by Crippen LogP contribution is 2.29. The van der Waals surface area contributed by atoms with Gasteiger partial charge in [-0.2, -0.15) is 0 Å². The quantitative estimate of drug-likeness (QED) is 0.448. The molecule has 2 heterocycles. The number of thioether (sulfide) groups is 1.